The Hall–Kier alpha value is -1.07. The number of hydrogen-bond acceptors (Lipinski definition) is 3. The zero-order chi connectivity index (χ0) is 14.8. The van der Waals surface area contributed by atoms with Crippen LogP contribution in [0.2, 0.25) is 0 Å². The molecule has 0 bridgehead atoms. The molecule has 1 aromatic carbocycles. The van der Waals surface area contributed by atoms with E-state index < -0.39 is 11.1 Å². The minimum Gasteiger partial charge on any atom is -0.496 e. The van der Waals surface area contributed by atoms with Gasteiger partial charge in [0.2, 0.25) is 0 Å². The van der Waals surface area contributed by atoms with Crippen LogP contribution in [-0.4, -0.2) is 29.3 Å². The Morgan fingerprint density at radius 3 is 2.32 bits per heavy atom. The van der Waals surface area contributed by atoms with E-state index in [1.54, 1.807) is 53.0 Å². The van der Waals surface area contributed by atoms with Crippen LogP contribution in [0.25, 0.3) is 0 Å². The van der Waals surface area contributed by atoms with Gasteiger partial charge in [0, 0.05) is 5.56 Å². The van der Waals surface area contributed by atoms with Gasteiger partial charge in [0.05, 0.1) is 22.7 Å². The first-order chi connectivity index (χ1) is 8.58. The quantitative estimate of drug-likeness (QED) is 0.892. The molecule has 0 radical (unpaired) electrons. The third-order valence-electron chi connectivity index (χ3n) is 3.37. The zero-order valence-corrected chi connectivity index (χ0v) is 13.5. The van der Waals surface area contributed by atoms with Crippen molar-refractivity contribution in [2.75, 3.05) is 7.11 Å². The second-order valence-electron chi connectivity index (χ2n) is 5.49. The Labute approximate surface area is 122 Å². The van der Waals surface area contributed by atoms with Crippen LogP contribution in [0.3, 0.4) is 0 Å². The van der Waals surface area contributed by atoms with Crippen molar-refractivity contribution < 1.29 is 14.6 Å². The molecule has 19 heavy (non-hydrogen) atoms. The number of hydrogen-bond donors (Lipinski definition) is 2. The second kappa shape index (κ2) is 5.51. The molecule has 0 aliphatic rings. The van der Waals surface area contributed by atoms with Gasteiger partial charge in [0.1, 0.15) is 5.75 Å². The number of carbonyl (C=O) groups is 1. The molecule has 2 N–H and O–H groups in total. The smallest absolute Gasteiger partial charge is 0.251 e. The molecule has 1 aromatic rings. The van der Waals surface area contributed by atoms with Crippen molar-refractivity contribution in [3.8, 4) is 5.75 Å². The molecule has 0 aromatic heterocycles. The zero-order valence-electron chi connectivity index (χ0n) is 11.9. The molecule has 0 fully saturated rings. The Morgan fingerprint density at radius 1 is 1.32 bits per heavy atom. The summed E-state index contributed by atoms with van der Waals surface area (Å²) in [6.45, 7) is 6.89. The standard InChI is InChI=1S/C14H20BrNO3/c1-13(2,14(3,4)18)16-12(17)9-6-7-11(19-5)10(15)8-9/h6-8,18H,1-5H3,(H,16,17). The highest BCUT2D eigenvalue weighted by Crippen LogP contribution is 2.26. The van der Waals surface area contributed by atoms with Crippen LogP contribution in [-0.2, 0) is 0 Å². The summed E-state index contributed by atoms with van der Waals surface area (Å²) in [7, 11) is 1.57. The van der Waals surface area contributed by atoms with Crippen molar-refractivity contribution in [1.82, 2.24) is 5.32 Å². The SMILES string of the molecule is COc1ccc(C(=O)NC(C)(C)C(C)(C)O)cc1Br. The lowest BCUT2D eigenvalue weighted by atomic mass is 9.86. The Bertz CT molecular complexity index is 478. The maximum Gasteiger partial charge on any atom is 0.251 e. The Morgan fingerprint density at radius 2 is 1.89 bits per heavy atom. The van der Waals surface area contributed by atoms with Crippen LogP contribution < -0.4 is 10.1 Å². The average Bonchev–Trinajstić information content (AvgIpc) is 2.26. The fourth-order valence-corrected chi connectivity index (χ4v) is 1.86. The molecule has 0 aliphatic carbocycles. The van der Waals surface area contributed by atoms with Gasteiger partial charge in [-0.05, 0) is 61.8 Å². The first kappa shape index (κ1) is 16.0. The molecule has 0 unspecified atom stereocenters. The first-order valence-electron chi connectivity index (χ1n) is 5.97. The summed E-state index contributed by atoms with van der Waals surface area (Å²) in [6, 6.07) is 5.09. The summed E-state index contributed by atoms with van der Waals surface area (Å²) in [5.41, 5.74) is -1.26. The number of nitrogens with one attached hydrogen (secondary N) is 1. The highest BCUT2D eigenvalue weighted by Gasteiger charge is 2.36. The van der Waals surface area contributed by atoms with Gasteiger partial charge in [-0.2, -0.15) is 0 Å². The van der Waals surface area contributed by atoms with Crippen LogP contribution in [0.15, 0.2) is 22.7 Å². The predicted molar refractivity (Wildman–Crippen MR) is 78.5 cm³/mol. The number of ether oxygens (including phenoxy) is 1. The van der Waals surface area contributed by atoms with E-state index in [2.05, 4.69) is 21.2 Å². The van der Waals surface area contributed by atoms with Crippen LogP contribution in [0, 0.1) is 0 Å². The van der Waals surface area contributed by atoms with Gasteiger partial charge in [-0.25, -0.2) is 0 Å². The van der Waals surface area contributed by atoms with Gasteiger partial charge in [0.15, 0.2) is 0 Å². The molecular formula is C14H20BrNO3. The van der Waals surface area contributed by atoms with Crippen LogP contribution in [0.4, 0.5) is 0 Å². The maximum absolute atomic E-state index is 12.2. The normalized spacial score (nSPS) is 12.2. The van der Waals surface area contributed by atoms with E-state index in [0.717, 1.165) is 0 Å². The topological polar surface area (TPSA) is 58.6 Å². The molecule has 0 aliphatic heterocycles. The fourth-order valence-electron chi connectivity index (χ4n) is 1.32. The lowest BCUT2D eigenvalue weighted by molar-refractivity contribution is -0.00293. The second-order valence-corrected chi connectivity index (χ2v) is 6.34. The number of aliphatic hydroxyl groups is 1. The average molecular weight is 330 g/mol. The van der Waals surface area contributed by atoms with Crippen LogP contribution in [0.1, 0.15) is 38.1 Å². The molecule has 106 valence electrons. The van der Waals surface area contributed by atoms with E-state index in [-0.39, 0.29) is 5.91 Å². The summed E-state index contributed by atoms with van der Waals surface area (Å²) in [4.78, 5) is 12.2. The maximum atomic E-state index is 12.2. The molecular weight excluding hydrogens is 310 g/mol. The van der Waals surface area contributed by atoms with E-state index in [9.17, 15) is 9.90 Å². The summed E-state index contributed by atoms with van der Waals surface area (Å²) in [5.74, 6) is 0.425. The van der Waals surface area contributed by atoms with Crippen molar-refractivity contribution in [3.63, 3.8) is 0 Å². The van der Waals surface area contributed by atoms with Gasteiger partial charge >= 0.3 is 0 Å². The summed E-state index contributed by atoms with van der Waals surface area (Å²) >= 11 is 3.34. The molecule has 4 nitrogen and oxygen atoms in total. The summed E-state index contributed by atoms with van der Waals surface area (Å²) < 4.78 is 5.83. The lowest BCUT2D eigenvalue weighted by Gasteiger charge is -2.38. The predicted octanol–water partition coefficient (Wildman–Crippen LogP) is 2.74. The van der Waals surface area contributed by atoms with Crippen molar-refractivity contribution in [2.45, 2.75) is 38.8 Å². The molecule has 1 rings (SSSR count). The van der Waals surface area contributed by atoms with Gasteiger partial charge < -0.3 is 15.2 Å². The van der Waals surface area contributed by atoms with E-state index >= 15 is 0 Å². The third kappa shape index (κ3) is 3.70. The first-order valence-corrected chi connectivity index (χ1v) is 6.76. The van der Waals surface area contributed by atoms with Gasteiger partial charge in [-0.1, -0.05) is 0 Å². The molecule has 0 heterocycles. The number of halogens is 1. The number of carbonyl (C=O) groups excluding carboxylic acids is 1. The Balaban J connectivity index is 2.94. The molecule has 5 heteroatoms. The minimum absolute atomic E-state index is 0.240. The molecule has 0 spiro atoms. The lowest BCUT2D eigenvalue weighted by Crippen LogP contribution is -2.57. The number of amides is 1. The highest BCUT2D eigenvalue weighted by atomic mass is 79.9. The molecule has 0 saturated carbocycles. The van der Waals surface area contributed by atoms with E-state index in [1.807, 2.05) is 0 Å². The number of rotatable bonds is 4. The molecule has 1 amide bonds. The number of methoxy groups -OCH3 is 1. The van der Waals surface area contributed by atoms with Crippen molar-refractivity contribution in [1.29, 1.82) is 0 Å². The van der Waals surface area contributed by atoms with Gasteiger partial charge in [-0.15, -0.1) is 0 Å². The van der Waals surface area contributed by atoms with Crippen molar-refractivity contribution in [3.05, 3.63) is 28.2 Å². The molecule has 0 atom stereocenters. The monoisotopic (exact) mass is 329 g/mol. The third-order valence-corrected chi connectivity index (χ3v) is 3.99. The highest BCUT2D eigenvalue weighted by molar-refractivity contribution is 9.10. The summed E-state index contributed by atoms with van der Waals surface area (Å²) in [5, 5.41) is 12.9. The Kier molecular flexibility index (Phi) is 4.63. The van der Waals surface area contributed by atoms with Crippen LogP contribution >= 0.6 is 15.9 Å². The van der Waals surface area contributed by atoms with Gasteiger partial charge in [-0.3, -0.25) is 4.79 Å². The van der Waals surface area contributed by atoms with Crippen molar-refractivity contribution in [2.24, 2.45) is 0 Å². The fraction of sp³-hybridized carbons (Fsp3) is 0.500. The van der Waals surface area contributed by atoms with Crippen LogP contribution in [0.5, 0.6) is 5.75 Å². The van der Waals surface area contributed by atoms with E-state index in [1.165, 1.54) is 0 Å². The van der Waals surface area contributed by atoms with Crippen molar-refractivity contribution >= 4 is 21.8 Å². The largest absolute Gasteiger partial charge is 0.496 e. The van der Waals surface area contributed by atoms with E-state index in [4.69, 9.17) is 4.74 Å². The number of benzene rings is 1. The minimum atomic E-state index is -1.02. The van der Waals surface area contributed by atoms with E-state index in [0.29, 0.717) is 15.8 Å². The van der Waals surface area contributed by atoms with Gasteiger partial charge in [0.25, 0.3) is 5.91 Å². The summed E-state index contributed by atoms with van der Waals surface area (Å²) in [6.07, 6.45) is 0. The molecule has 0 saturated heterocycles.